The standard InChI is InChI=1S/C18H23N7/c1-24-16(13-20-23-24)12-19-15-8-6-14(7-9-15)11-18-22-21-17-5-3-2-4-10-25(17)18/h6-9,13,19H,2-5,10-12H2,1H3. The first-order chi connectivity index (χ1) is 12.3. The van der Waals surface area contributed by atoms with E-state index in [2.05, 4.69) is 54.7 Å². The molecule has 0 fully saturated rings. The normalized spacial score (nSPS) is 14.1. The summed E-state index contributed by atoms with van der Waals surface area (Å²) >= 11 is 0. The molecule has 0 amide bonds. The van der Waals surface area contributed by atoms with Crippen molar-refractivity contribution in [2.45, 2.75) is 45.2 Å². The number of rotatable bonds is 5. The Morgan fingerprint density at radius 3 is 2.76 bits per heavy atom. The summed E-state index contributed by atoms with van der Waals surface area (Å²) in [6.45, 7) is 1.76. The molecule has 7 heteroatoms. The van der Waals surface area contributed by atoms with Crippen LogP contribution in [0.2, 0.25) is 0 Å². The maximum atomic E-state index is 4.42. The summed E-state index contributed by atoms with van der Waals surface area (Å²) in [6, 6.07) is 8.53. The van der Waals surface area contributed by atoms with Crippen LogP contribution in [0.5, 0.6) is 0 Å². The summed E-state index contributed by atoms with van der Waals surface area (Å²) in [5.41, 5.74) is 3.40. The number of fused-ring (bicyclic) bond motifs is 1. The first-order valence-corrected chi connectivity index (χ1v) is 8.87. The van der Waals surface area contributed by atoms with Crippen LogP contribution in [0.15, 0.2) is 30.5 Å². The van der Waals surface area contributed by atoms with Crippen LogP contribution >= 0.6 is 0 Å². The molecule has 1 aliphatic rings. The quantitative estimate of drug-likeness (QED) is 0.773. The van der Waals surface area contributed by atoms with Crippen molar-refractivity contribution < 1.29 is 0 Å². The Morgan fingerprint density at radius 1 is 1.08 bits per heavy atom. The molecule has 0 saturated carbocycles. The van der Waals surface area contributed by atoms with E-state index in [9.17, 15) is 0 Å². The van der Waals surface area contributed by atoms with Gasteiger partial charge in [-0.15, -0.1) is 15.3 Å². The average molecular weight is 337 g/mol. The Kier molecular flexibility index (Phi) is 4.45. The molecule has 7 nitrogen and oxygen atoms in total. The molecule has 0 radical (unpaired) electrons. The van der Waals surface area contributed by atoms with E-state index < -0.39 is 0 Å². The zero-order valence-corrected chi connectivity index (χ0v) is 14.5. The fraction of sp³-hybridized carbons (Fsp3) is 0.444. The van der Waals surface area contributed by atoms with E-state index in [0.29, 0.717) is 6.54 Å². The van der Waals surface area contributed by atoms with Crippen LogP contribution in [0.4, 0.5) is 5.69 Å². The minimum Gasteiger partial charge on any atom is -0.379 e. The van der Waals surface area contributed by atoms with Gasteiger partial charge in [-0.3, -0.25) is 4.68 Å². The van der Waals surface area contributed by atoms with Crippen LogP contribution in [0.25, 0.3) is 0 Å². The third-order valence-corrected chi connectivity index (χ3v) is 4.78. The van der Waals surface area contributed by atoms with E-state index in [-0.39, 0.29) is 0 Å². The van der Waals surface area contributed by atoms with Crippen LogP contribution in [0.3, 0.4) is 0 Å². The van der Waals surface area contributed by atoms with Gasteiger partial charge < -0.3 is 9.88 Å². The van der Waals surface area contributed by atoms with E-state index in [4.69, 9.17) is 0 Å². The highest BCUT2D eigenvalue weighted by atomic mass is 15.4. The van der Waals surface area contributed by atoms with Crippen molar-refractivity contribution in [3.05, 3.63) is 53.4 Å². The lowest BCUT2D eigenvalue weighted by atomic mass is 10.1. The van der Waals surface area contributed by atoms with E-state index >= 15 is 0 Å². The topological polar surface area (TPSA) is 73.5 Å². The first-order valence-electron chi connectivity index (χ1n) is 8.87. The summed E-state index contributed by atoms with van der Waals surface area (Å²) in [5.74, 6) is 2.23. The Balaban J connectivity index is 1.41. The molecule has 1 aromatic carbocycles. The summed E-state index contributed by atoms with van der Waals surface area (Å²) in [6.07, 6.45) is 7.40. The number of hydrogen-bond donors (Lipinski definition) is 1. The van der Waals surface area contributed by atoms with Crippen molar-refractivity contribution in [2.75, 3.05) is 5.32 Å². The van der Waals surface area contributed by atoms with Crippen molar-refractivity contribution in [3.63, 3.8) is 0 Å². The zero-order chi connectivity index (χ0) is 17.1. The summed E-state index contributed by atoms with van der Waals surface area (Å²) in [7, 11) is 1.90. The lowest BCUT2D eigenvalue weighted by Gasteiger charge is -2.09. The molecule has 0 aliphatic carbocycles. The van der Waals surface area contributed by atoms with Gasteiger partial charge in [-0.2, -0.15) is 0 Å². The Labute approximate surface area is 147 Å². The molecule has 4 rings (SSSR count). The zero-order valence-electron chi connectivity index (χ0n) is 14.5. The minimum atomic E-state index is 0.709. The van der Waals surface area contributed by atoms with E-state index in [0.717, 1.165) is 42.4 Å². The molecule has 1 aliphatic heterocycles. The maximum Gasteiger partial charge on any atom is 0.137 e. The molecule has 3 heterocycles. The van der Waals surface area contributed by atoms with Crippen LogP contribution in [0, 0.1) is 0 Å². The van der Waals surface area contributed by atoms with Gasteiger partial charge in [0.15, 0.2) is 0 Å². The maximum absolute atomic E-state index is 4.42. The van der Waals surface area contributed by atoms with Crippen LogP contribution < -0.4 is 5.32 Å². The van der Waals surface area contributed by atoms with E-state index in [1.54, 1.807) is 10.9 Å². The fourth-order valence-corrected chi connectivity index (χ4v) is 3.26. The molecule has 2 aromatic heterocycles. The number of aryl methyl sites for hydroxylation is 2. The molecule has 1 N–H and O–H groups in total. The lowest BCUT2D eigenvalue weighted by Crippen LogP contribution is -2.07. The molecule has 0 spiro atoms. The predicted octanol–water partition coefficient (Wildman–Crippen LogP) is 2.34. The summed E-state index contributed by atoms with van der Waals surface area (Å²) in [5, 5.41) is 20.0. The average Bonchev–Trinajstić information content (AvgIpc) is 3.12. The minimum absolute atomic E-state index is 0.709. The van der Waals surface area contributed by atoms with Crippen LogP contribution in [0.1, 0.15) is 42.2 Å². The number of nitrogens with zero attached hydrogens (tertiary/aromatic N) is 6. The second-order valence-corrected chi connectivity index (χ2v) is 6.57. The number of anilines is 1. The van der Waals surface area contributed by atoms with Crippen molar-refractivity contribution in [1.29, 1.82) is 0 Å². The third kappa shape index (κ3) is 3.55. The van der Waals surface area contributed by atoms with Crippen molar-refractivity contribution in [2.24, 2.45) is 7.05 Å². The molecule has 0 unspecified atom stereocenters. The second-order valence-electron chi connectivity index (χ2n) is 6.57. The number of hydrogen-bond acceptors (Lipinski definition) is 5. The molecule has 3 aromatic rings. The highest BCUT2D eigenvalue weighted by Gasteiger charge is 2.14. The Morgan fingerprint density at radius 2 is 1.96 bits per heavy atom. The van der Waals surface area contributed by atoms with Crippen molar-refractivity contribution in [3.8, 4) is 0 Å². The number of benzene rings is 1. The highest BCUT2D eigenvalue weighted by molar-refractivity contribution is 5.45. The monoisotopic (exact) mass is 337 g/mol. The first kappa shape index (κ1) is 15.8. The molecular formula is C18H23N7. The summed E-state index contributed by atoms with van der Waals surface area (Å²) in [4.78, 5) is 0. The van der Waals surface area contributed by atoms with Crippen LogP contribution in [-0.4, -0.2) is 29.8 Å². The van der Waals surface area contributed by atoms with Gasteiger partial charge in [0.2, 0.25) is 0 Å². The highest BCUT2D eigenvalue weighted by Crippen LogP contribution is 2.18. The fourth-order valence-electron chi connectivity index (χ4n) is 3.26. The van der Waals surface area contributed by atoms with Gasteiger partial charge in [0.1, 0.15) is 11.6 Å². The van der Waals surface area contributed by atoms with Gasteiger partial charge in [0.05, 0.1) is 18.4 Å². The van der Waals surface area contributed by atoms with Gasteiger partial charge in [-0.05, 0) is 30.5 Å². The van der Waals surface area contributed by atoms with Gasteiger partial charge in [-0.25, -0.2) is 0 Å². The largest absolute Gasteiger partial charge is 0.379 e. The predicted molar refractivity (Wildman–Crippen MR) is 95.2 cm³/mol. The molecule has 0 bridgehead atoms. The lowest BCUT2D eigenvalue weighted by molar-refractivity contribution is 0.611. The smallest absolute Gasteiger partial charge is 0.137 e. The molecule has 0 saturated heterocycles. The molecule has 25 heavy (non-hydrogen) atoms. The van der Waals surface area contributed by atoms with Crippen molar-refractivity contribution in [1.82, 2.24) is 29.8 Å². The van der Waals surface area contributed by atoms with Gasteiger partial charge >= 0.3 is 0 Å². The SMILES string of the molecule is Cn1nncc1CNc1ccc(Cc2nnc3n2CCCCC3)cc1. The van der Waals surface area contributed by atoms with Crippen LogP contribution in [-0.2, 0) is 33.0 Å². The number of nitrogens with one attached hydrogen (secondary N) is 1. The van der Waals surface area contributed by atoms with Gasteiger partial charge in [0.25, 0.3) is 0 Å². The van der Waals surface area contributed by atoms with Crippen molar-refractivity contribution >= 4 is 5.69 Å². The summed E-state index contributed by atoms with van der Waals surface area (Å²) < 4.78 is 4.09. The molecular weight excluding hydrogens is 314 g/mol. The van der Waals surface area contributed by atoms with E-state index in [1.165, 1.54) is 24.8 Å². The molecule has 130 valence electrons. The number of aromatic nitrogens is 6. The Hall–Kier alpha value is -2.70. The van der Waals surface area contributed by atoms with E-state index in [1.807, 2.05) is 7.05 Å². The second kappa shape index (κ2) is 7.04. The third-order valence-electron chi connectivity index (χ3n) is 4.78. The van der Waals surface area contributed by atoms with Gasteiger partial charge in [-0.1, -0.05) is 23.8 Å². The Bertz CT molecular complexity index is 831. The van der Waals surface area contributed by atoms with Gasteiger partial charge in [0, 0.05) is 32.1 Å². The molecule has 0 atom stereocenters.